The topological polar surface area (TPSA) is 55.1 Å². The lowest BCUT2D eigenvalue weighted by Crippen LogP contribution is -2.37. The Morgan fingerprint density at radius 3 is 2.76 bits per heavy atom. The highest BCUT2D eigenvalue weighted by Gasteiger charge is 2.39. The molecular weight excluding hydrogens is 212 g/mol. The fourth-order valence-corrected chi connectivity index (χ4v) is 3.48. The Kier molecular flexibility index (Phi) is 4.60. The molecule has 1 saturated carbocycles. The molecule has 2 rings (SSSR count). The number of allylic oxidation sites excluding steroid dienone is 2. The van der Waals surface area contributed by atoms with Crippen molar-refractivity contribution >= 4 is 6.41 Å². The van der Waals surface area contributed by atoms with Crippen LogP contribution < -0.4 is 11.1 Å². The van der Waals surface area contributed by atoms with Crippen molar-refractivity contribution in [2.24, 2.45) is 23.5 Å². The zero-order valence-corrected chi connectivity index (χ0v) is 10.5. The molecule has 0 aliphatic heterocycles. The average molecular weight is 236 g/mol. The van der Waals surface area contributed by atoms with E-state index in [0.717, 1.165) is 31.7 Å². The molecule has 3 N–H and O–H groups in total. The van der Waals surface area contributed by atoms with E-state index in [4.69, 9.17) is 5.73 Å². The number of nitrogens with two attached hydrogens (primary N) is 1. The molecule has 3 heteroatoms. The van der Waals surface area contributed by atoms with Gasteiger partial charge in [-0.2, -0.15) is 0 Å². The van der Waals surface area contributed by atoms with Crippen molar-refractivity contribution < 1.29 is 4.79 Å². The van der Waals surface area contributed by atoms with Crippen molar-refractivity contribution in [2.45, 2.75) is 44.6 Å². The van der Waals surface area contributed by atoms with Crippen molar-refractivity contribution in [1.82, 2.24) is 5.32 Å². The molecule has 0 aromatic carbocycles. The molecule has 0 aromatic rings. The minimum absolute atomic E-state index is 0.380. The van der Waals surface area contributed by atoms with Gasteiger partial charge in [0.25, 0.3) is 0 Å². The minimum atomic E-state index is 0.380. The molecule has 2 aliphatic carbocycles. The summed E-state index contributed by atoms with van der Waals surface area (Å²) >= 11 is 0. The number of fused-ring (bicyclic) bond motifs is 2. The highest BCUT2D eigenvalue weighted by molar-refractivity contribution is 5.46. The maximum absolute atomic E-state index is 10.7. The molecular formula is C14H24N2O. The zero-order chi connectivity index (χ0) is 12.1. The van der Waals surface area contributed by atoms with Crippen LogP contribution in [0.4, 0.5) is 0 Å². The van der Waals surface area contributed by atoms with Gasteiger partial charge < -0.3 is 11.1 Å². The van der Waals surface area contributed by atoms with Crippen LogP contribution in [0.25, 0.3) is 0 Å². The summed E-state index contributed by atoms with van der Waals surface area (Å²) in [5, 5.41) is 3.04. The number of rotatable bonds is 8. The smallest absolute Gasteiger partial charge is 0.207 e. The number of hydrogen-bond acceptors (Lipinski definition) is 2. The summed E-state index contributed by atoms with van der Waals surface area (Å²) in [5.41, 5.74) is 5.49. The zero-order valence-electron chi connectivity index (χ0n) is 10.5. The summed E-state index contributed by atoms with van der Waals surface area (Å²) in [6.07, 6.45) is 12.7. The first-order valence-electron chi connectivity index (χ1n) is 6.93. The Bertz CT molecular complexity index is 277. The van der Waals surface area contributed by atoms with E-state index in [1.54, 1.807) is 0 Å². The van der Waals surface area contributed by atoms with Crippen LogP contribution in [-0.2, 0) is 4.79 Å². The first-order chi connectivity index (χ1) is 8.35. The van der Waals surface area contributed by atoms with Gasteiger partial charge in [0, 0.05) is 6.04 Å². The van der Waals surface area contributed by atoms with Crippen LogP contribution in [0.1, 0.15) is 38.5 Å². The summed E-state index contributed by atoms with van der Waals surface area (Å²) in [4.78, 5) is 10.7. The second kappa shape index (κ2) is 6.20. The van der Waals surface area contributed by atoms with Crippen molar-refractivity contribution in [3.8, 4) is 0 Å². The van der Waals surface area contributed by atoms with Gasteiger partial charge in [-0.3, -0.25) is 4.79 Å². The molecule has 0 spiro atoms. The fourth-order valence-electron chi connectivity index (χ4n) is 3.48. The van der Waals surface area contributed by atoms with Gasteiger partial charge >= 0.3 is 0 Å². The molecule has 96 valence electrons. The van der Waals surface area contributed by atoms with E-state index in [0.29, 0.717) is 17.9 Å². The molecule has 17 heavy (non-hydrogen) atoms. The monoisotopic (exact) mass is 236 g/mol. The third kappa shape index (κ3) is 3.09. The van der Waals surface area contributed by atoms with Gasteiger partial charge in [-0.25, -0.2) is 0 Å². The second-order valence-corrected chi connectivity index (χ2v) is 5.47. The standard InChI is InChI=1S/C14H24N2O/c15-7-3-1-2-4-14(16-10-17)13-9-11-5-6-12(13)8-11/h5-6,10-14H,1-4,7-9,15H2,(H,16,17). The molecule has 0 saturated heterocycles. The van der Waals surface area contributed by atoms with Crippen molar-refractivity contribution in [3.05, 3.63) is 12.2 Å². The van der Waals surface area contributed by atoms with E-state index in [1.165, 1.54) is 25.7 Å². The normalized spacial score (nSPS) is 31.7. The van der Waals surface area contributed by atoms with E-state index >= 15 is 0 Å². The lowest BCUT2D eigenvalue weighted by Gasteiger charge is -2.28. The van der Waals surface area contributed by atoms with Crippen LogP contribution >= 0.6 is 0 Å². The third-order valence-electron chi connectivity index (χ3n) is 4.35. The molecule has 2 aliphatic rings. The summed E-state index contributed by atoms with van der Waals surface area (Å²) in [6.45, 7) is 0.780. The summed E-state index contributed by atoms with van der Waals surface area (Å²) < 4.78 is 0. The first-order valence-corrected chi connectivity index (χ1v) is 6.93. The van der Waals surface area contributed by atoms with Gasteiger partial charge in [0.2, 0.25) is 6.41 Å². The second-order valence-electron chi connectivity index (χ2n) is 5.47. The first kappa shape index (κ1) is 12.6. The number of amides is 1. The van der Waals surface area contributed by atoms with Gasteiger partial charge in [-0.1, -0.05) is 25.0 Å². The molecule has 0 aromatic heterocycles. The predicted octanol–water partition coefficient (Wildman–Crippen LogP) is 1.83. The largest absolute Gasteiger partial charge is 0.356 e. The molecule has 0 heterocycles. The quantitative estimate of drug-likeness (QED) is 0.384. The highest BCUT2D eigenvalue weighted by Crippen LogP contribution is 2.45. The molecule has 0 radical (unpaired) electrons. The molecule has 3 nitrogen and oxygen atoms in total. The number of carbonyl (C=O) groups is 1. The predicted molar refractivity (Wildman–Crippen MR) is 69.4 cm³/mol. The van der Waals surface area contributed by atoms with Crippen LogP contribution in [0.5, 0.6) is 0 Å². The molecule has 1 fully saturated rings. The van der Waals surface area contributed by atoms with Crippen LogP contribution in [0.2, 0.25) is 0 Å². The van der Waals surface area contributed by atoms with Gasteiger partial charge in [0.15, 0.2) is 0 Å². The fraction of sp³-hybridized carbons (Fsp3) is 0.786. The number of hydrogen-bond donors (Lipinski definition) is 2. The van der Waals surface area contributed by atoms with Crippen molar-refractivity contribution in [2.75, 3.05) is 6.54 Å². The van der Waals surface area contributed by atoms with Crippen molar-refractivity contribution in [3.63, 3.8) is 0 Å². The highest BCUT2D eigenvalue weighted by atomic mass is 16.1. The average Bonchev–Trinajstić information content (AvgIpc) is 2.95. The van der Waals surface area contributed by atoms with E-state index in [1.807, 2.05) is 0 Å². The van der Waals surface area contributed by atoms with E-state index in [9.17, 15) is 4.79 Å². The van der Waals surface area contributed by atoms with Gasteiger partial charge in [0.1, 0.15) is 0 Å². The Morgan fingerprint density at radius 1 is 1.29 bits per heavy atom. The SMILES string of the molecule is NCCCCCC(NC=O)C1CC2C=CC1C2. The lowest BCUT2D eigenvalue weighted by molar-refractivity contribution is -0.110. The maximum atomic E-state index is 10.7. The van der Waals surface area contributed by atoms with Gasteiger partial charge in [-0.05, 0) is 50.0 Å². The van der Waals surface area contributed by atoms with Gasteiger partial charge in [0.05, 0.1) is 0 Å². The van der Waals surface area contributed by atoms with E-state index < -0.39 is 0 Å². The molecule has 1 amide bonds. The summed E-state index contributed by atoms with van der Waals surface area (Å²) in [6, 6.07) is 0.380. The Labute approximate surface area is 104 Å². The van der Waals surface area contributed by atoms with E-state index in [2.05, 4.69) is 17.5 Å². The molecule has 2 bridgehead atoms. The Balaban J connectivity index is 1.80. The van der Waals surface area contributed by atoms with Gasteiger partial charge in [-0.15, -0.1) is 0 Å². The number of carbonyl (C=O) groups excluding carboxylic acids is 1. The molecule has 4 unspecified atom stereocenters. The Hall–Kier alpha value is -0.830. The maximum Gasteiger partial charge on any atom is 0.207 e. The third-order valence-corrected chi connectivity index (χ3v) is 4.35. The number of nitrogens with one attached hydrogen (secondary N) is 1. The van der Waals surface area contributed by atoms with Crippen LogP contribution in [0.15, 0.2) is 12.2 Å². The summed E-state index contributed by atoms with van der Waals surface area (Å²) in [5.74, 6) is 2.17. The van der Waals surface area contributed by atoms with Crippen LogP contribution in [0.3, 0.4) is 0 Å². The Morgan fingerprint density at radius 2 is 2.18 bits per heavy atom. The van der Waals surface area contributed by atoms with E-state index in [-0.39, 0.29) is 0 Å². The minimum Gasteiger partial charge on any atom is -0.356 e. The number of unbranched alkanes of at least 4 members (excludes halogenated alkanes) is 2. The lowest BCUT2D eigenvalue weighted by atomic mass is 9.84. The van der Waals surface area contributed by atoms with Crippen LogP contribution in [-0.4, -0.2) is 19.0 Å². The summed E-state index contributed by atoms with van der Waals surface area (Å²) in [7, 11) is 0. The van der Waals surface area contributed by atoms with Crippen molar-refractivity contribution in [1.29, 1.82) is 0 Å². The van der Waals surface area contributed by atoms with Crippen LogP contribution in [0, 0.1) is 17.8 Å². The molecule has 4 atom stereocenters.